The van der Waals surface area contributed by atoms with Gasteiger partial charge >= 0.3 is 0 Å². The number of halogens is 1. The number of aromatic nitrogens is 1. The van der Waals surface area contributed by atoms with Crippen molar-refractivity contribution in [3.63, 3.8) is 0 Å². The first-order valence-electron chi connectivity index (χ1n) is 9.20. The number of aryl methyl sites for hydroxylation is 1. The fraction of sp³-hybridized carbons (Fsp3) is 0.273. The van der Waals surface area contributed by atoms with Crippen molar-refractivity contribution in [1.29, 1.82) is 0 Å². The lowest BCUT2D eigenvalue weighted by Gasteiger charge is -2.27. The molecule has 1 heterocycles. The Morgan fingerprint density at radius 3 is 2.70 bits per heavy atom. The van der Waals surface area contributed by atoms with E-state index in [0.717, 1.165) is 30.9 Å². The number of benzene rings is 2. The quantitative estimate of drug-likeness (QED) is 0.343. The first-order chi connectivity index (χ1) is 12.8. The Morgan fingerprint density at radius 2 is 1.85 bits per heavy atom. The fourth-order valence-electron chi connectivity index (χ4n) is 3.70. The minimum Gasteiger partial charge on any atom is -0.353 e. The molecular formula is C22H25IN4. The normalized spacial score (nSPS) is 16.3. The largest absolute Gasteiger partial charge is 0.353 e. The molecular weight excluding hydrogens is 447 g/mol. The van der Waals surface area contributed by atoms with Crippen LogP contribution in [0, 0.1) is 0 Å². The van der Waals surface area contributed by atoms with Crippen molar-refractivity contribution in [3.8, 4) is 0 Å². The van der Waals surface area contributed by atoms with Crippen molar-refractivity contribution in [3.05, 3.63) is 77.6 Å². The van der Waals surface area contributed by atoms with Gasteiger partial charge in [-0.05, 0) is 41.8 Å². The molecule has 2 N–H and O–H groups in total. The Hall–Kier alpha value is -2.15. The van der Waals surface area contributed by atoms with Crippen LogP contribution in [0.2, 0.25) is 0 Å². The van der Waals surface area contributed by atoms with Crippen LogP contribution in [0.1, 0.15) is 23.2 Å². The van der Waals surface area contributed by atoms with E-state index in [1.165, 1.54) is 21.9 Å². The van der Waals surface area contributed by atoms with E-state index in [1.807, 2.05) is 19.3 Å². The maximum Gasteiger partial charge on any atom is 0.191 e. The Labute approximate surface area is 177 Å². The molecule has 0 aliphatic heterocycles. The number of rotatable bonds is 3. The van der Waals surface area contributed by atoms with Crippen molar-refractivity contribution < 1.29 is 0 Å². The van der Waals surface area contributed by atoms with Gasteiger partial charge in [0.2, 0.25) is 0 Å². The van der Waals surface area contributed by atoms with Crippen molar-refractivity contribution in [2.45, 2.75) is 31.8 Å². The summed E-state index contributed by atoms with van der Waals surface area (Å²) in [6, 6.07) is 19.5. The van der Waals surface area contributed by atoms with Gasteiger partial charge in [0.05, 0.1) is 12.2 Å². The zero-order chi connectivity index (χ0) is 17.8. The van der Waals surface area contributed by atoms with Crippen LogP contribution in [0.5, 0.6) is 0 Å². The van der Waals surface area contributed by atoms with Crippen molar-refractivity contribution >= 4 is 40.7 Å². The van der Waals surface area contributed by atoms with E-state index >= 15 is 0 Å². The number of guanidine groups is 1. The number of fused-ring (bicyclic) bond motifs is 2. The first-order valence-corrected chi connectivity index (χ1v) is 9.20. The number of aliphatic imine (C=N–C) groups is 1. The monoisotopic (exact) mass is 472 g/mol. The molecule has 0 amide bonds. The summed E-state index contributed by atoms with van der Waals surface area (Å²) < 4.78 is 0. The van der Waals surface area contributed by atoms with Crippen LogP contribution in [0.3, 0.4) is 0 Å². The Morgan fingerprint density at radius 1 is 1.07 bits per heavy atom. The maximum atomic E-state index is 4.54. The minimum absolute atomic E-state index is 0. The van der Waals surface area contributed by atoms with Gasteiger partial charge in [0.1, 0.15) is 0 Å². The third-order valence-electron chi connectivity index (χ3n) is 5.09. The summed E-state index contributed by atoms with van der Waals surface area (Å²) in [6.07, 6.45) is 5.16. The molecule has 0 spiro atoms. The fourth-order valence-corrected chi connectivity index (χ4v) is 3.70. The molecule has 0 saturated carbocycles. The Kier molecular flexibility index (Phi) is 6.66. The van der Waals surface area contributed by atoms with E-state index in [2.05, 4.69) is 69.1 Å². The van der Waals surface area contributed by atoms with Crippen LogP contribution < -0.4 is 10.6 Å². The van der Waals surface area contributed by atoms with Crippen LogP contribution in [0.25, 0.3) is 10.8 Å². The summed E-state index contributed by atoms with van der Waals surface area (Å²) in [7, 11) is 1.82. The van der Waals surface area contributed by atoms with Gasteiger partial charge < -0.3 is 10.6 Å². The maximum absolute atomic E-state index is 4.54. The van der Waals surface area contributed by atoms with Crippen molar-refractivity contribution in [2.75, 3.05) is 7.05 Å². The third-order valence-corrected chi connectivity index (χ3v) is 5.09. The molecule has 4 nitrogen and oxygen atoms in total. The number of nitrogens with zero attached hydrogens (tertiary/aromatic N) is 2. The topological polar surface area (TPSA) is 49.3 Å². The number of pyridine rings is 1. The predicted molar refractivity (Wildman–Crippen MR) is 123 cm³/mol. The zero-order valence-electron chi connectivity index (χ0n) is 15.5. The highest BCUT2D eigenvalue weighted by Crippen LogP contribution is 2.21. The summed E-state index contributed by atoms with van der Waals surface area (Å²) in [4.78, 5) is 8.94. The van der Waals surface area contributed by atoms with Crippen LogP contribution >= 0.6 is 24.0 Å². The second-order valence-corrected chi connectivity index (χ2v) is 6.76. The van der Waals surface area contributed by atoms with E-state index < -0.39 is 0 Å². The van der Waals surface area contributed by atoms with Gasteiger partial charge in [-0.25, -0.2) is 0 Å². The van der Waals surface area contributed by atoms with Gasteiger partial charge in [-0.3, -0.25) is 9.98 Å². The molecule has 4 rings (SSSR count). The zero-order valence-corrected chi connectivity index (χ0v) is 17.8. The highest BCUT2D eigenvalue weighted by atomic mass is 127. The average Bonchev–Trinajstić information content (AvgIpc) is 2.71. The summed E-state index contributed by atoms with van der Waals surface area (Å²) in [5.74, 6) is 0.837. The van der Waals surface area contributed by atoms with Gasteiger partial charge in [-0.15, -0.1) is 24.0 Å². The summed E-state index contributed by atoms with van der Waals surface area (Å²) in [5, 5.41) is 9.40. The molecule has 0 radical (unpaired) electrons. The van der Waals surface area contributed by atoms with Crippen LogP contribution in [-0.4, -0.2) is 24.0 Å². The van der Waals surface area contributed by atoms with Crippen LogP contribution in [-0.2, 0) is 19.4 Å². The van der Waals surface area contributed by atoms with Gasteiger partial charge in [0.25, 0.3) is 0 Å². The Bertz CT molecular complexity index is 933. The molecule has 0 bridgehead atoms. The number of hydrogen-bond donors (Lipinski definition) is 2. The van der Waals surface area contributed by atoms with Crippen LogP contribution in [0.15, 0.2) is 65.8 Å². The van der Waals surface area contributed by atoms with Crippen LogP contribution in [0.4, 0.5) is 0 Å². The molecule has 3 aromatic rings. The third kappa shape index (κ3) is 4.58. The van der Waals surface area contributed by atoms with Gasteiger partial charge in [0.15, 0.2) is 5.96 Å². The van der Waals surface area contributed by atoms with Gasteiger partial charge in [-0.1, -0.05) is 48.5 Å². The summed E-state index contributed by atoms with van der Waals surface area (Å²) in [6.45, 7) is 0.657. The van der Waals surface area contributed by atoms with Crippen molar-refractivity contribution in [1.82, 2.24) is 15.6 Å². The molecule has 1 aliphatic rings. The average molecular weight is 472 g/mol. The first kappa shape index (κ1) is 19.6. The smallest absolute Gasteiger partial charge is 0.191 e. The summed E-state index contributed by atoms with van der Waals surface area (Å²) in [5.41, 5.74) is 3.97. The Balaban J connectivity index is 0.00000210. The highest BCUT2D eigenvalue weighted by molar-refractivity contribution is 14.0. The molecule has 140 valence electrons. The molecule has 1 unspecified atom stereocenters. The molecule has 0 fully saturated rings. The number of hydrogen-bond acceptors (Lipinski definition) is 2. The second-order valence-electron chi connectivity index (χ2n) is 6.76. The van der Waals surface area contributed by atoms with E-state index in [-0.39, 0.29) is 24.0 Å². The molecule has 27 heavy (non-hydrogen) atoms. The van der Waals surface area contributed by atoms with Gasteiger partial charge in [-0.2, -0.15) is 0 Å². The summed E-state index contributed by atoms with van der Waals surface area (Å²) >= 11 is 0. The molecule has 1 atom stereocenters. The molecule has 5 heteroatoms. The molecule has 1 aliphatic carbocycles. The van der Waals surface area contributed by atoms with E-state index in [0.29, 0.717) is 12.6 Å². The van der Waals surface area contributed by atoms with Crippen molar-refractivity contribution in [2.24, 2.45) is 4.99 Å². The second kappa shape index (κ2) is 9.17. The van der Waals surface area contributed by atoms with E-state index in [4.69, 9.17) is 0 Å². The van der Waals surface area contributed by atoms with E-state index in [1.54, 1.807) is 0 Å². The number of nitrogens with one attached hydrogen (secondary N) is 2. The SMILES string of the molecule is CN=C(NCc1nccc2ccccc12)NC1CCc2ccccc2C1.I. The predicted octanol–water partition coefficient (Wildman–Crippen LogP) is 4.08. The lowest BCUT2D eigenvalue weighted by atomic mass is 9.88. The lowest BCUT2D eigenvalue weighted by molar-refractivity contribution is 0.520. The molecule has 0 saturated heterocycles. The standard InChI is InChI=1S/C22H24N4.HI/c1-23-22(26-19-11-10-16-6-2-3-8-18(16)14-19)25-15-21-20-9-5-4-7-17(20)12-13-24-21;/h2-9,12-13,19H,10-11,14-15H2,1H3,(H2,23,25,26);1H. The van der Waals surface area contributed by atoms with E-state index in [9.17, 15) is 0 Å². The molecule has 2 aromatic carbocycles. The minimum atomic E-state index is 0. The lowest BCUT2D eigenvalue weighted by Crippen LogP contribution is -2.45. The highest BCUT2D eigenvalue weighted by Gasteiger charge is 2.19. The van der Waals surface area contributed by atoms with Gasteiger partial charge in [0, 0.05) is 24.7 Å². The molecule has 1 aromatic heterocycles.